The molecule has 0 aliphatic carbocycles. The van der Waals surface area contributed by atoms with Crippen LogP contribution in [0.2, 0.25) is 0 Å². The van der Waals surface area contributed by atoms with Gasteiger partial charge < -0.3 is 5.32 Å². The van der Waals surface area contributed by atoms with Gasteiger partial charge in [0.25, 0.3) is 0 Å². The quantitative estimate of drug-likeness (QED) is 0.626. The van der Waals surface area contributed by atoms with Crippen molar-refractivity contribution in [3.05, 3.63) is 53.5 Å². The van der Waals surface area contributed by atoms with Gasteiger partial charge in [0.15, 0.2) is 0 Å². The smallest absolute Gasteiger partial charge is 0.238 e. The van der Waals surface area contributed by atoms with E-state index in [0.717, 1.165) is 42.0 Å². The van der Waals surface area contributed by atoms with Gasteiger partial charge in [0.05, 0.1) is 21.8 Å². The summed E-state index contributed by atoms with van der Waals surface area (Å²) in [6.45, 7) is 2.31. The number of fused-ring (bicyclic) bond motifs is 1. The van der Waals surface area contributed by atoms with Gasteiger partial charge in [-0.1, -0.05) is 18.2 Å². The maximum absolute atomic E-state index is 12.5. The van der Waals surface area contributed by atoms with Crippen LogP contribution >= 0.6 is 23.1 Å². The Morgan fingerprint density at radius 2 is 2.19 bits per heavy atom. The number of carbonyl (C=O) groups excluding carboxylic acids is 1. The van der Waals surface area contributed by atoms with Crippen molar-refractivity contribution in [2.45, 2.75) is 23.7 Å². The minimum Gasteiger partial charge on any atom is -0.325 e. The molecule has 1 amide bonds. The van der Waals surface area contributed by atoms with Crippen LogP contribution < -0.4 is 5.32 Å². The number of thioether (sulfide) groups is 1. The third-order valence-corrected chi connectivity index (χ3v) is 6.81. The number of thiazole rings is 1. The summed E-state index contributed by atoms with van der Waals surface area (Å²) in [6, 6.07) is 16.3. The molecule has 0 spiro atoms. The molecule has 3 aromatic rings. The van der Waals surface area contributed by atoms with E-state index < -0.39 is 0 Å². The number of carbonyl (C=O) groups is 1. The van der Waals surface area contributed by atoms with E-state index in [4.69, 9.17) is 4.98 Å². The van der Waals surface area contributed by atoms with E-state index >= 15 is 0 Å². The molecular formula is C21H23N3OS2. The van der Waals surface area contributed by atoms with Crippen LogP contribution in [0.5, 0.6) is 0 Å². The highest BCUT2D eigenvalue weighted by atomic mass is 32.2. The molecule has 0 unspecified atom stereocenters. The second-order valence-electron chi connectivity index (χ2n) is 6.87. The third-order valence-electron chi connectivity index (χ3n) is 4.89. The summed E-state index contributed by atoms with van der Waals surface area (Å²) < 4.78 is 1.25. The minimum atomic E-state index is 0.0539. The van der Waals surface area contributed by atoms with Gasteiger partial charge in [-0.2, -0.15) is 0 Å². The van der Waals surface area contributed by atoms with Gasteiger partial charge in [-0.25, -0.2) is 4.98 Å². The lowest BCUT2D eigenvalue weighted by Crippen LogP contribution is -2.39. The number of nitrogens with one attached hydrogen (secondary N) is 1. The van der Waals surface area contributed by atoms with Crippen molar-refractivity contribution in [1.29, 1.82) is 0 Å². The van der Waals surface area contributed by atoms with E-state index in [2.05, 4.69) is 28.4 Å². The molecule has 2 heterocycles. The van der Waals surface area contributed by atoms with E-state index in [1.165, 1.54) is 9.71 Å². The molecule has 0 bridgehead atoms. The number of nitrogens with zero attached hydrogens (tertiary/aromatic N) is 2. The summed E-state index contributed by atoms with van der Waals surface area (Å²) in [5.74, 6) is 0.474. The van der Waals surface area contributed by atoms with Crippen LogP contribution in [0.25, 0.3) is 10.2 Å². The Kier molecular flexibility index (Phi) is 5.76. The summed E-state index contributed by atoms with van der Waals surface area (Å²) in [7, 11) is 0. The Balaban J connectivity index is 1.38. The number of likely N-dealkylation sites (tertiary alicyclic amines) is 1. The number of benzene rings is 2. The fourth-order valence-corrected chi connectivity index (χ4v) is 5.12. The molecule has 0 saturated carbocycles. The number of para-hydroxylation sites is 1. The number of hydrogen-bond acceptors (Lipinski definition) is 5. The van der Waals surface area contributed by atoms with Crippen molar-refractivity contribution in [1.82, 2.24) is 9.88 Å². The van der Waals surface area contributed by atoms with Crippen molar-refractivity contribution in [3.8, 4) is 0 Å². The molecule has 1 aromatic heterocycles. The highest BCUT2D eigenvalue weighted by Crippen LogP contribution is 2.32. The topological polar surface area (TPSA) is 45.2 Å². The lowest BCUT2D eigenvalue weighted by Gasteiger charge is -2.31. The molecule has 140 valence electrons. The predicted octanol–water partition coefficient (Wildman–Crippen LogP) is 4.84. The van der Waals surface area contributed by atoms with Crippen molar-refractivity contribution in [2.24, 2.45) is 0 Å². The van der Waals surface area contributed by atoms with E-state index in [0.29, 0.717) is 12.5 Å². The summed E-state index contributed by atoms with van der Waals surface area (Å²) in [6.07, 6.45) is 4.29. The second-order valence-corrected chi connectivity index (χ2v) is 8.82. The zero-order valence-corrected chi connectivity index (χ0v) is 17.0. The Hall–Kier alpha value is -1.89. The highest BCUT2D eigenvalue weighted by molar-refractivity contribution is 7.98. The standard InChI is InChI=1S/C21H23N3OS2/c1-26-17-8-4-7-16(12-17)22-20(25)14-24-11-5-6-15(13-24)21-23-18-9-2-3-10-19(18)27-21/h2-4,7-10,12,15H,5-6,11,13-14H2,1H3,(H,22,25)/t15-/m1/s1. The molecule has 0 radical (unpaired) electrons. The molecule has 1 fully saturated rings. The molecule has 1 aliphatic rings. The van der Waals surface area contributed by atoms with Crippen LogP contribution in [0.3, 0.4) is 0 Å². The summed E-state index contributed by atoms with van der Waals surface area (Å²) in [4.78, 5) is 20.7. The first kappa shape index (κ1) is 18.5. The van der Waals surface area contributed by atoms with Gasteiger partial charge >= 0.3 is 0 Å². The predicted molar refractivity (Wildman–Crippen MR) is 115 cm³/mol. The van der Waals surface area contributed by atoms with Crippen molar-refractivity contribution in [2.75, 3.05) is 31.2 Å². The zero-order chi connectivity index (χ0) is 18.6. The highest BCUT2D eigenvalue weighted by Gasteiger charge is 2.25. The van der Waals surface area contributed by atoms with Crippen molar-refractivity contribution in [3.63, 3.8) is 0 Å². The van der Waals surface area contributed by atoms with Gasteiger partial charge in [0.2, 0.25) is 5.91 Å². The Labute approximate surface area is 168 Å². The molecular weight excluding hydrogens is 374 g/mol. The lowest BCUT2D eigenvalue weighted by molar-refractivity contribution is -0.117. The van der Waals surface area contributed by atoms with Gasteiger partial charge in [0.1, 0.15) is 0 Å². The SMILES string of the molecule is CSc1cccc(NC(=O)CN2CCC[C@@H](c3nc4ccccc4s3)C2)c1. The minimum absolute atomic E-state index is 0.0539. The number of amides is 1. The molecule has 2 aromatic carbocycles. The number of piperidine rings is 1. The van der Waals surface area contributed by atoms with E-state index in [9.17, 15) is 4.79 Å². The first-order valence-electron chi connectivity index (χ1n) is 9.23. The van der Waals surface area contributed by atoms with Crippen LogP contribution in [0.1, 0.15) is 23.8 Å². The molecule has 4 nitrogen and oxygen atoms in total. The molecule has 1 aliphatic heterocycles. The zero-order valence-electron chi connectivity index (χ0n) is 15.4. The summed E-state index contributed by atoms with van der Waals surface area (Å²) >= 11 is 3.47. The Morgan fingerprint density at radius 1 is 1.30 bits per heavy atom. The number of aromatic nitrogens is 1. The van der Waals surface area contributed by atoms with E-state index in [-0.39, 0.29) is 5.91 Å². The molecule has 1 N–H and O–H groups in total. The summed E-state index contributed by atoms with van der Waals surface area (Å²) in [5.41, 5.74) is 1.95. The normalized spacial score (nSPS) is 17.9. The average molecular weight is 398 g/mol. The molecule has 27 heavy (non-hydrogen) atoms. The first-order chi connectivity index (χ1) is 13.2. The maximum atomic E-state index is 12.5. The average Bonchev–Trinajstić information content (AvgIpc) is 3.12. The molecule has 4 rings (SSSR count). The van der Waals surface area contributed by atoms with Crippen LogP contribution in [-0.4, -0.2) is 41.7 Å². The van der Waals surface area contributed by atoms with Gasteiger partial charge in [-0.3, -0.25) is 9.69 Å². The monoisotopic (exact) mass is 397 g/mol. The number of rotatable bonds is 5. The van der Waals surface area contributed by atoms with Gasteiger partial charge in [-0.15, -0.1) is 23.1 Å². The van der Waals surface area contributed by atoms with Gasteiger partial charge in [0, 0.05) is 23.0 Å². The third kappa shape index (κ3) is 4.51. The fourth-order valence-electron chi connectivity index (χ4n) is 3.57. The fraction of sp³-hybridized carbons (Fsp3) is 0.333. The van der Waals surface area contributed by atoms with Crippen LogP contribution in [0.4, 0.5) is 5.69 Å². The van der Waals surface area contributed by atoms with Crippen molar-refractivity contribution >= 4 is 44.9 Å². The maximum Gasteiger partial charge on any atom is 0.238 e. The van der Waals surface area contributed by atoms with Crippen LogP contribution in [0, 0.1) is 0 Å². The molecule has 1 atom stereocenters. The van der Waals surface area contributed by atoms with Crippen LogP contribution in [-0.2, 0) is 4.79 Å². The molecule has 6 heteroatoms. The lowest BCUT2D eigenvalue weighted by atomic mass is 9.99. The van der Waals surface area contributed by atoms with Gasteiger partial charge in [-0.05, 0) is 56.0 Å². The van der Waals surface area contributed by atoms with Crippen LogP contribution in [0.15, 0.2) is 53.4 Å². The van der Waals surface area contributed by atoms with Crippen molar-refractivity contribution < 1.29 is 4.79 Å². The Bertz CT molecular complexity index is 907. The Morgan fingerprint density at radius 3 is 3.04 bits per heavy atom. The number of hydrogen-bond donors (Lipinski definition) is 1. The number of anilines is 1. The largest absolute Gasteiger partial charge is 0.325 e. The molecule has 1 saturated heterocycles. The van der Waals surface area contributed by atoms with E-state index in [1.54, 1.807) is 23.1 Å². The van der Waals surface area contributed by atoms with E-state index in [1.807, 2.05) is 36.6 Å². The summed E-state index contributed by atoms with van der Waals surface area (Å²) in [5, 5.41) is 4.24. The first-order valence-corrected chi connectivity index (χ1v) is 11.3. The second kappa shape index (κ2) is 8.42.